The lowest BCUT2D eigenvalue weighted by molar-refractivity contribution is -0.0548. The van der Waals surface area contributed by atoms with Gasteiger partial charge in [-0.15, -0.1) is 11.4 Å². The Morgan fingerprint density at radius 3 is 1.58 bits per heavy atom. The normalized spacial score (nSPS) is 14.6. The van der Waals surface area contributed by atoms with Crippen LogP contribution >= 0.6 is 0 Å². The van der Waals surface area contributed by atoms with E-state index in [9.17, 15) is 24.0 Å². The van der Waals surface area contributed by atoms with Crippen LogP contribution in [0.5, 0.6) is 0 Å². The summed E-state index contributed by atoms with van der Waals surface area (Å²) in [6, 6.07) is 20.5. The number of aliphatic hydroxyl groups excluding tert-OH is 1. The van der Waals surface area contributed by atoms with Crippen LogP contribution < -0.4 is 0 Å². The van der Waals surface area contributed by atoms with Gasteiger partial charge >= 0.3 is 5.97 Å². The maximum Gasteiger partial charge on any atom is 0.341 e. The number of unbranched alkanes of at least 4 members (excludes halogenated alkanes) is 1. The molecule has 1 N–H and O–H groups in total. The molecule has 3 heterocycles. The van der Waals surface area contributed by atoms with Gasteiger partial charge in [0.25, 0.3) is 23.6 Å². The van der Waals surface area contributed by atoms with Gasteiger partial charge in [0.1, 0.15) is 8.24 Å². The van der Waals surface area contributed by atoms with Gasteiger partial charge in [-0.2, -0.15) is 0 Å². The molecule has 6 rings (SSSR count). The molecule has 0 radical (unpaired) electrons. The second-order valence-electron chi connectivity index (χ2n) is 12.1. The Hall–Kier alpha value is -6.05. The van der Waals surface area contributed by atoms with Crippen molar-refractivity contribution in [3.8, 4) is 0 Å². The third-order valence-corrected chi connectivity index (χ3v) is 7.97. The largest absolute Gasteiger partial charge is 0.428 e. The van der Waals surface area contributed by atoms with Crippen molar-refractivity contribution in [2.75, 3.05) is 19.6 Å². The number of aliphatic hydroxyl groups is 1. The highest BCUT2D eigenvalue weighted by Crippen LogP contribution is 2.27. The highest BCUT2D eigenvalue weighted by Gasteiger charge is 2.35. The van der Waals surface area contributed by atoms with E-state index < -0.39 is 20.5 Å². The number of nitrogens with zero attached hydrogens (tertiary/aromatic N) is 8. The van der Waals surface area contributed by atoms with Gasteiger partial charge in [0.15, 0.2) is 0 Å². The van der Waals surface area contributed by atoms with Crippen molar-refractivity contribution in [3.05, 3.63) is 140 Å². The molecule has 3 aliphatic rings. The van der Waals surface area contributed by atoms with Crippen LogP contribution in [-0.2, 0) is 4.74 Å². The standard InChI is InChI=1S/C12H12N4O2.C12H11NO2.C8H6O3.C3H9N3Si.CH4/c13-15-14-7-3-4-8-16-11(17)9-5-1-2-6-10(9)12(16)18;1-2-3-8-13-11(14)9-6-4-5-7-10(9)12(13)15;9-7-5-3-1-2-4-6(5)8(10)11-7;1-7(2,3)6-5-4;/h1-2,5-6H,3-4,7-8H2;2,4-7H,1,3,8H2;1-4,7,9H;1-3H3;1H4. The van der Waals surface area contributed by atoms with Gasteiger partial charge < -0.3 is 9.84 Å². The average molecular weight is 727 g/mol. The minimum Gasteiger partial charge on any atom is -0.428 e. The number of cyclic esters (lactones) is 1. The van der Waals surface area contributed by atoms with Crippen LogP contribution in [0.3, 0.4) is 0 Å². The Kier molecular flexibility index (Phi) is 16.2. The number of ether oxygens (including phenoxy) is 1. The first kappa shape index (κ1) is 42.1. The SMILES string of the molecule is C.C=CCCN1C(=O)c2ccccc2C1=O.C[Si](C)(C)N=[N+]=[N-].O=C1OC(O)c2ccccc21.[N-]=[N+]=NCCCCN1C(=O)c2ccccc2C1=O. The minimum atomic E-state index is -1.45. The Morgan fingerprint density at radius 1 is 0.750 bits per heavy atom. The molecule has 0 aliphatic carbocycles. The molecule has 3 aromatic rings. The van der Waals surface area contributed by atoms with E-state index in [0.29, 0.717) is 72.3 Å². The molecule has 16 heteroatoms. The molecule has 0 aromatic heterocycles. The molecule has 0 saturated heterocycles. The number of esters is 1. The molecule has 0 saturated carbocycles. The lowest BCUT2D eigenvalue weighted by Crippen LogP contribution is -2.30. The van der Waals surface area contributed by atoms with Gasteiger partial charge in [0, 0.05) is 30.1 Å². The molecular weight excluding hydrogens is 685 g/mol. The number of fused-ring (bicyclic) bond motifs is 3. The first-order chi connectivity index (χ1) is 24.4. The number of benzene rings is 3. The molecular formula is C36H42N8O7Si. The van der Waals surface area contributed by atoms with Gasteiger partial charge in [-0.05, 0) is 65.6 Å². The van der Waals surface area contributed by atoms with E-state index in [2.05, 4.69) is 31.0 Å². The first-order valence-electron chi connectivity index (χ1n) is 15.9. The number of amides is 4. The number of rotatable bonds is 9. The molecule has 3 aliphatic heterocycles. The van der Waals surface area contributed by atoms with Crippen LogP contribution in [0, 0.1) is 0 Å². The first-order valence-corrected chi connectivity index (χ1v) is 19.4. The van der Waals surface area contributed by atoms with E-state index >= 15 is 0 Å². The van der Waals surface area contributed by atoms with E-state index in [1.807, 2.05) is 19.6 Å². The quantitative estimate of drug-likeness (QED) is 0.0336. The van der Waals surface area contributed by atoms with E-state index in [1.165, 1.54) is 9.80 Å². The minimum absolute atomic E-state index is 0. The number of hydrogen-bond donors (Lipinski definition) is 1. The molecule has 3 aromatic carbocycles. The molecule has 0 fully saturated rings. The van der Waals surface area contributed by atoms with Crippen LogP contribution in [0.2, 0.25) is 19.6 Å². The van der Waals surface area contributed by atoms with Crippen LogP contribution in [-0.4, -0.2) is 72.4 Å². The third kappa shape index (κ3) is 11.0. The number of carbonyl (C=O) groups is 5. The van der Waals surface area contributed by atoms with E-state index in [1.54, 1.807) is 78.9 Å². The second-order valence-corrected chi connectivity index (χ2v) is 16.6. The van der Waals surface area contributed by atoms with Crippen molar-refractivity contribution in [2.45, 2.75) is 52.6 Å². The number of hydrogen-bond acceptors (Lipinski definition) is 9. The number of azide groups is 2. The van der Waals surface area contributed by atoms with Crippen molar-refractivity contribution in [1.29, 1.82) is 0 Å². The molecule has 0 spiro atoms. The molecule has 15 nitrogen and oxygen atoms in total. The topological polar surface area (TPSA) is 219 Å². The molecule has 272 valence electrons. The van der Waals surface area contributed by atoms with Crippen LogP contribution in [0.4, 0.5) is 0 Å². The van der Waals surface area contributed by atoms with Crippen molar-refractivity contribution in [3.63, 3.8) is 0 Å². The Labute approximate surface area is 302 Å². The predicted octanol–water partition coefficient (Wildman–Crippen LogP) is 7.85. The lowest BCUT2D eigenvalue weighted by atomic mass is 10.1. The zero-order valence-corrected chi connectivity index (χ0v) is 29.5. The molecule has 4 amide bonds. The molecule has 1 unspecified atom stereocenters. The maximum atomic E-state index is 12.0. The Morgan fingerprint density at radius 2 is 1.19 bits per heavy atom. The van der Waals surface area contributed by atoms with Crippen LogP contribution in [0.15, 0.2) is 95.3 Å². The number of imide groups is 2. The summed E-state index contributed by atoms with van der Waals surface area (Å²) in [4.78, 5) is 66.2. The fourth-order valence-electron chi connectivity index (χ4n) is 4.86. The Balaban J connectivity index is 0.000000250. The van der Waals surface area contributed by atoms with Crippen molar-refractivity contribution >= 4 is 37.8 Å². The van der Waals surface area contributed by atoms with Crippen molar-refractivity contribution in [1.82, 2.24) is 9.80 Å². The van der Waals surface area contributed by atoms with Gasteiger partial charge in [-0.25, -0.2) is 4.79 Å². The zero-order valence-electron chi connectivity index (χ0n) is 28.5. The summed E-state index contributed by atoms with van der Waals surface area (Å²) in [6.45, 7) is 10.7. The van der Waals surface area contributed by atoms with Crippen molar-refractivity contribution in [2.24, 2.45) is 9.89 Å². The molecule has 52 heavy (non-hydrogen) atoms. The highest BCUT2D eigenvalue weighted by molar-refractivity contribution is 6.74. The zero-order chi connectivity index (χ0) is 37.6. The summed E-state index contributed by atoms with van der Waals surface area (Å²) in [6.07, 6.45) is 2.57. The summed E-state index contributed by atoms with van der Waals surface area (Å²) >= 11 is 0. The fraction of sp³-hybridized carbons (Fsp3) is 0.306. The Bertz CT molecular complexity index is 1830. The summed E-state index contributed by atoms with van der Waals surface area (Å²) < 4.78 is 8.12. The van der Waals surface area contributed by atoms with Gasteiger partial charge in [-0.3, -0.25) is 29.0 Å². The summed E-state index contributed by atoms with van der Waals surface area (Å²) in [5, 5.41) is 12.5. The third-order valence-electron chi connectivity index (χ3n) is 7.28. The highest BCUT2D eigenvalue weighted by atomic mass is 28.3. The van der Waals surface area contributed by atoms with Crippen LogP contribution in [0.1, 0.15) is 90.3 Å². The van der Waals surface area contributed by atoms with E-state index in [-0.39, 0.29) is 31.1 Å². The average Bonchev–Trinajstić information content (AvgIpc) is 3.65. The molecule has 0 bridgehead atoms. The maximum absolute atomic E-state index is 12.0. The van der Waals surface area contributed by atoms with Gasteiger partial charge in [0.05, 0.1) is 27.8 Å². The van der Waals surface area contributed by atoms with Crippen molar-refractivity contribution < 1.29 is 33.8 Å². The summed E-state index contributed by atoms with van der Waals surface area (Å²) in [5.74, 6) is -1.32. The monoisotopic (exact) mass is 726 g/mol. The molecule has 1 atom stereocenters. The summed E-state index contributed by atoms with van der Waals surface area (Å²) in [5.41, 5.74) is 19.0. The predicted molar refractivity (Wildman–Crippen MR) is 198 cm³/mol. The van der Waals surface area contributed by atoms with Crippen LogP contribution in [0.25, 0.3) is 20.9 Å². The van der Waals surface area contributed by atoms with Gasteiger partial charge in [0.2, 0.25) is 6.29 Å². The summed E-state index contributed by atoms with van der Waals surface area (Å²) in [7, 11) is -1.45. The fourth-order valence-corrected chi connectivity index (χ4v) is 5.13. The number of carbonyl (C=O) groups excluding carboxylic acids is 5. The van der Waals surface area contributed by atoms with E-state index in [0.717, 1.165) is 0 Å². The van der Waals surface area contributed by atoms with Gasteiger partial charge in [-0.1, -0.05) is 80.7 Å². The second kappa shape index (κ2) is 20.0. The van der Waals surface area contributed by atoms with E-state index in [4.69, 9.17) is 16.2 Å². The smallest absolute Gasteiger partial charge is 0.341 e. The lowest BCUT2D eigenvalue weighted by Gasteiger charge is -2.12.